The number of thiophene rings is 1. The maximum atomic E-state index is 13.7. The molecule has 2 N–H and O–H groups in total. The second-order valence-corrected chi connectivity index (χ2v) is 6.86. The Bertz CT molecular complexity index is 833. The Kier molecular flexibility index (Phi) is 4.04. The van der Waals surface area contributed by atoms with Crippen molar-refractivity contribution in [1.29, 1.82) is 0 Å². The predicted octanol–water partition coefficient (Wildman–Crippen LogP) is 2.95. The van der Waals surface area contributed by atoms with E-state index < -0.39 is 5.54 Å². The molecule has 0 unspecified atom stereocenters. The van der Waals surface area contributed by atoms with E-state index in [1.54, 1.807) is 13.1 Å². The third kappa shape index (κ3) is 2.87. The molecule has 3 rings (SSSR count). The fourth-order valence-electron chi connectivity index (χ4n) is 2.67. The lowest BCUT2D eigenvalue weighted by Crippen LogP contribution is -2.47. The average molecular weight is 347 g/mol. The first-order valence-electron chi connectivity index (χ1n) is 7.38. The van der Waals surface area contributed by atoms with Gasteiger partial charge in [-0.1, -0.05) is 0 Å². The molecule has 126 valence electrons. The molecule has 0 aliphatic carbocycles. The fourth-order valence-corrected chi connectivity index (χ4v) is 3.69. The van der Waals surface area contributed by atoms with Crippen molar-refractivity contribution in [2.45, 2.75) is 18.9 Å². The van der Waals surface area contributed by atoms with Crippen LogP contribution in [0.2, 0.25) is 0 Å². The van der Waals surface area contributed by atoms with Crippen molar-refractivity contribution in [2.24, 2.45) is 10.7 Å². The molecule has 0 radical (unpaired) electrons. The summed E-state index contributed by atoms with van der Waals surface area (Å²) in [5.74, 6) is 0.226. The van der Waals surface area contributed by atoms with Crippen molar-refractivity contribution in [3.63, 3.8) is 0 Å². The highest BCUT2D eigenvalue weighted by Crippen LogP contribution is 2.39. The van der Waals surface area contributed by atoms with Gasteiger partial charge in [0.05, 0.1) is 13.5 Å². The fraction of sp³-hybridized carbons (Fsp3) is 0.294. The number of carbonyl (C=O) groups is 1. The summed E-state index contributed by atoms with van der Waals surface area (Å²) in [5.41, 5.74) is 6.72. The second-order valence-electron chi connectivity index (χ2n) is 5.95. The number of nitrogens with zero attached hydrogens (tertiary/aromatic N) is 2. The van der Waals surface area contributed by atoms with Crippen LogP contribution in [0.15, 0.2) is 34.6 Å². The molecule has 0 bridgehead atoms. The number of rotatable bonds is 3. The number of aliphatic imine (C=N–C) groups is 1. The van der Waals surface area contributed by atoms with Gasteiger partial charge in [0.2, 0.25) is 5.91 Å². The van der Waals surface area contributed by atoms with Crippen LogP contribution in [0.5, 0.6) is 5.75 Å². The number of carbonyl (C=O) groups excluding carboxylic acids is 1. The highest BCUT2D eigenvalue weighted by atomic mass is 32.1. The Hall–Kier alpha value is -2.41. The third-order valence-electron chi connectivity index (χ3n) is 4.15. The normalized spacial score (nSPS) is 20.9. The Balaban J connectivity index is 1.99. The zero-order valence-electron chi connectivity index (χ0n) is 13.7. The lowest BCUT2D eigenvalue weighted by Gasteiger charge is -2.32. The summed E-state index contributed by atoms with van der Waals surface area (Å²) in [5, 5.41) is 1.92. The quantitative estimate of drug-likeness (QED) is 0.928. The molecular weight excluding hydrogens is 329 g/mol. The number of nitrogens with two attached hydrogens (primary N) is 1. The van der Waals surface area contributed by atoms with Gasteiger partial charge in [-0.3, -0.25) is 9.69 Å². The number of ether oxygens (including phenoxy) is 1. The molecule has 0 spiro atoms. The molecule has 1 atom stereocenters. The largest absolute Gasteiger partial charge is 0.497 e. The molecule has 0 fully saturated rings. The van der Waals surface area contributed by atoms with Crippen LogP contribution in [0.4, 0.5) is 4.39 Å². The molecule has 1 aromatic heterocycles. The summed E-state index contributed by atoms with van der Waals surface area (Å²) >= 11 is 1.48. The highest BCUT2D eigenvalue weighted by Gasteiger charge is 2.37. The molecular formula is C17H18FN3O2S. The van der Waals surface area contributed by atoms with E-state index in [0.717, 1.165) is 10.4 Å². The standard InChI is InChI=1S/C17H18FN3O2S/c1-17(8-15(22)21(2)16(19)20-17)14-6-11(9-24-14)10-4-12(18)7-13(5-10)23-3/h4-7,9H,8H2,1-3H3,(H2,19,20)/t17-/m0/s1. The van der Waals surface area contributed by atoms with Gasteiger partial charge < -0.3 is 10.5 Å². The van der Waals surface area contributed by atoms with Crippen molar-refractivity contribution in [1.82, 2.24) is 4.90 Å². The SMILES string of the molecule is COc1cc(F)cc(-c2csc([C@]3(C)CC(=O)N(C)C(N)=N3)c2)c1. The molecule has 2 heterocycles. The van der Waals surface area contributed by atoms with Crippen molar-refractivity contribution >= 4 is 23.2 Å². The maximum Gasteiger partial charge on any atom is 0.231 e. The Morgan fingerprint density at radius 2 is 2.08 bits per heavy atom. The lowest BCUT2D eigenvalue weighted by molar-refractivity contribution is -0.128. The van der Waals surface area contributed by atoms with Gasteiger partial charge in [0, 0.05) is 18.0 Å². The number of amides is 1. The monoisotopic (exact) mass is 347 g/mol. The van der Waals surface area contributed by atoms with Gasteiger partial charge in [0.15, 0.2) is 5.96 Å². The molecule has 7 heteroatoms. The van der Waals surface area contributed by atoms with Crippen molar-refractivity contribution < 1.29 is 13.9 Å². The minimum Gasteiger partial charge on any atom is -0.497 e. The van der Waals surface area contributed by atoms with Gasteiger partial charge in [-0.25, -0.2) is 9.38 Å². The van der Waals surface area contributed by atoms with Crippen LogP contribution in [0.3, 0.4) is 0 Å². The Morgan fingerprint density at radius 1 is 1.33 bits per heavy atom. The van der Waals surface area contributed by atoms with Gasteiger partial charge in [-0.15, -0.1) is 11.3 Å². The van der Waals surface area contributed by atoms with Gasteiger partial charge >= 0.3 is 0 Å². The number of hydrogen-bond donors (Lipinski definition) is 1. The second kappa shape index (κ2) is 5.90. The van der Waals surface area contributed by atoms with Crippen LogP contribution in [-0.4, -0.2) is 30.9 Å². The van der Waals surface area contributed by atoms with E-state index in [0.29, 0.717) is 11.3 Å². The van der Waals surface area contributed by atoms with E-state index in [1.165, 1.54) is 35.5 Å². The van der Waals surface area contributed by atoms with Gasteiger partial charge in [-0.05, 0) is 41.6 Å². The van der Waals surface area contributed by atoms with Crippen LogP contribution in [0.1, 0.15) is 18.2 Å². The third-order valence-corrected chi connectivity index (χ3v) is 5.33. The van der Waals surface area contributed by atoms with E-state index in [4.69, 9.17) is 10.5 Å². The Labute approximate surface area is 143 Å². The van der Waals surface area contributed by atoms with E-state index in [9.17, 15) is 9.18 Å². The molecule has 0 saturated carbocycles. The van der Waals surface area contributed by atoms with Crippen molar-refractivity contribution in [3.8, 4) is 16.9 Å². The smallest absolute Gasteiger partial charge is 0.231 e. The number of methoxy groups -OCH3 is 1. The molecule has 1 amide bonds. The summed E-state index contributed by atoms with van der Waals surface area (Å²) in [6.07, 6.45) is 0.247. The molecule has 24 heavy (non-hydrogen) atoms. The van der Waals surface area contributed by atoms with E-state index in [1.807, 2.05) is 18.4 Å². The van der Waals surface area contributed by atoms with Crippen molar-refractivity contribution in [2.75, 3.05) is 14.2 Å². The number of benzene rings is 1. The van der Waals surface area contributed by atoms with E-state index in [-0.39, 0.29) is 24.1 Å². The van der Waals surface area contributed by atoms with Crippen LogP contribution >= 0.6 is 11.3 Å². The number of hydrogen-bond acceptors (Lipinski definition) is 5. The van der Waals surface area contributed by atoms with Crippen LogP contribution in [0, 0.1) is 5.82 Å². The van der Waals surface area contributed by atoms with E-state index >= 15 is 0 Å². The molecule has 1 aromatic carbocycles. The first kappa shape index (κ1) is 16.4. The average Bonchev–Trinajstić information content (AvgIpc) is 3.03. The molecule has 1 aliphatic heterocycles. The summed E-state index contributed by atoms with van der Waals surface area (Å²) in [7, 11) is 3.11. The van der Waals surface area contributed by atoms with Gasteiger partial charge in [0.25, 0.3) is 0 Å². The maximum absolute atomic E-state index is 13.7. The minimum absolute atomic E-state index is 0.0765. The zero-order chi connectivity index (χ0) is 17.5. The first-order valence-corrected chi connectivity index (χ1v) is 8.26. The van der Waals surface area contributed by atoms with Gasteiger partial charge in [-0.2, -0.15) is 0 Å². The Morgan fingerprint density at radius 3 is 2.75 bits per heavy atom. The highest BCUT2D eigenvalue weighted by molar-refractivity contribution is 7.10. The topological polar surface area (TPSA) is 67.9 Å². The lowest BCUT2D eigenvalue weighted by atomic mass is 9.93. The predicted molar refractivity (Wildman–Crippen MR) is 92.6 cm³/mol. The van der Waals surface area contributed by atoms with Crippen molar-refractivity contribution in [3.05, 3.63) is 40.3 Å². The zero-order valence-corrected chi connectivity index (χ0v) is 14.5. The molecule has 5 nitrogen and oxygen atoms in total. The van der Waals surface area contributed by atoms with E-state index in [2.05, 4.69) is 4.99 Å². The minimum atomic E-state index is -0.700. The summed E-state index contributed by atoms with van der Waals surface area (Å²) < 4.78 is 18.8. The number of guanidine groups is 1. The first-order chi connectivity index (χ1) is 11.3. The van der Waals surface area contributed by atoms with Crippen LogP contribution in [-0.2, 0) is 10.3 Å². The molecule has 2 aromatic rings. The molecule has 0 saturated heterocycles. The molecule has 1 aliphatic rings. The number of halogens is 1. The summed E-state index contributed by atoms with van der Waals surface area (Å²) in [6.45, 7) is 1.88. The van der Waals surface area contributed by atoms with Gasteiger partial charge in [0.1, 0.15) is 17.1 Å². The summed E-state index contributed by atoms with van der Waals surface area (Å²) in [4.78, 5) is 18.8. The van der Waals surface area contributed by atoms with Crippen LogP contribution in [0.25, 0.3) is 11.1 Å². The van der Waals surface area contributed by atoms with Crippen LogP contribution < -0.4 is 10.5 Å². The summed E-state index contributed by atoms with van der Waals surface area (Å²) in [6, 6.07) is 6.48.